The van der Waals surface area contributed by atoms with Gasteiger partial charge in [0.1, 0.15) is 5.82 Å². The molecule has 0 unspecified atom stereocenters. The molecule has 28 heavy (non-hydrogen) atoms. The van der Waals surface area contributed by atoms with Crippen LogP contribution in [-0.4, -0.2) is 67.4 Å². The van der Waals surface area contributed by atoms with Gasteiger partial charge in [0.05, 0.1) is 0 Å². The standard InChI is InChI=1S/C21H35N5OS/c1-4-28-21(10-14-27-15-11-21)16-23-20(22-3)25-18-8-12-26(13-9-18)19-7-5-6-17(2)24-19/h5-7,18H,4,8-16H2,1-3H3,(H2,22,23,25). The lowest BCUT2D eigenvalue weighted by Crippen LogP contribution is -2.52. The SMILES string of the molecule is CCSC1(CNC(=NC)NC2CCN(c3cccc(C)n3)CC2)CCOCC1. The van der Waals surface area contributed by atoms with Crippen molar-refractivity contribution in [2.45, 2.75) is 50.3 Å². The van der Waals surface area contributed by atoms with Crippen molar-refractivity contribution in [3.05, 3.63) is 23.9 Å². The molecule has 0 aromatic carbocycles. The molecule has 0 spiro atoms. The first-order chi connectivity index (χ1) is 13.6. The summed E-state index contributed by atoms with van der Waals surface area (Å²) in [5.74, 6) is 3.16. The van der Waals surface area contributed by atoms with Crippen molar-refractivity contribution in [2.75, 3.05) is 50.5 Å². The van der Waals surface area contributed by atoms with Crippen molar-refractivity contribution < 1.29 is 4.74 Å². The summed E-state index contributed by atoms with van der Waals surface area (Å²) < 4.78 is 5.85. The van der Waals surface area contributed by atoms with E-state index in [-0.39, 0.29) is 4.75 Å². The number of rotatable bonds is 6. The molecule has 7 heteroatoms. The van der Waals surface area contributed by atoms with Gasteiger partial charge in [0.15, 0.2) is 5.96 Å². The Morgan fingerprint density at radius 2 is 2.07 bits per heavy atom. The number of hydrogen-bond acceptors (Lipinski definition) is 5. The molecule has 0 atom stereocenters. The zero-order chi connectivity index (χ0) is 19.8. The zero-order valence-electron chi connectivity index (χ0n) is 17.5. The number of aromatic nitrogens is 1. The quantitative estimate of drug-likeness (QED) is 0.561. The van der Waals surface area contributed by atoms with Gasteiger partial charge in [-0.25, -0.2) is 4.98 Å². The molecule has 2 fully saturated rings. The molecule has 0 amide bonds. The Hall–Kier alpha value is -1.47. The lowest BCUT2D eigenvalue weighted by Gasteiger charge is -2.38. The molecule has 0 radical (unpaired) electrons. The molecule has 1 aromatic heterocycles. The largest absolute Gasteiger partial charge is 0.381 e. The number of pyridine rings is 1. The van der Waals surface area contributed by atoms with Gasteiger partial charge in [0.25, 0.3) is 0 Å². The number of nitrogens with one attached hydrogen (secondary N) is 2. The summed E-state index contributed by atoms with van der Waals surface area (Å²) in [6, 6.07) is 6.71. The Morgan fingerprint density at radius 1 is 1.32 bits per heavy atom. The van der Waals surface area contributed by atoms with E-state index in [0.29, 0.717) is 6.04 Å². The molecule has 156 valence electrons. The van der Waals surface area contributed by atoms with Crippen molar-refractivity contribution in [3.8, 4) is 0 Å². The first-order valence-electron chi connectivity index (χ1n) is 10.5. The molecule has 2 N–H and O–H groups in total. The van der Waals surface area contributed by atoms with E-state index >= 15 is 0 Å². The van der Waals surface area contributed by atoms with Crippen LogP contribution in [0.25, 0.3) is 0 Å². The van der Waals surface area contributed by atoms with E-state index in [1.54, 1.807) is 0 Å². The molecule has 0 aliphatic carbocycles. The Bertz CT molecular complexity index is 634. The monoisotopic (exact) mass is 405 g/mol. The number of piperidine rings is 1. The van der Waals surface area contributed by atoms with Gasteiger partial charge in [0, 0.05) is 56.4 Å². The van der Waals surface area contributed by atoms with Crippen molar-refractivity contribution in [3.63, 3.8) is 0 Å². The number of guanidine groups is 1. The second-order valence-corrected chi connectivity index (χ2v) is 9.43. The Kier molecular flexibility index (Phi) is 7.85. The van der Waals surface area contributed by atoms with E-state index in [0.717, 1.165) is 81.8 Å². The fraction of sp³-hybridized carbons (Fsp3) is 0.714. The summed E-state index contributed by atoms with van der Waals surface area (Å²) in [6.45, 7) is 9.02. The van der Waals surface area contributed by atoms with Crippen LogP contribution in [0.5, 0.6) is 0 Å². The van der Waals surface area contributed by atoms with Gasteiger partial charge in [0.2, 0.25) is 0 Å². The summed E-state index contributed by atoms with van der Waals surface area (Å²) in [7, 11) is 1.87. The lowest BCUT2D eigenvalue weighted by molar-refractivity contribution is 0.0782. The molecule has 0 saturated carbocycles. The zero-order valence-corrected chi connectivity index (χ0v) is 18.4. The highest BCUT2D eigenvalue weighted by Crippen LogP contribution is 2.34. The highest BCUT2D eigenvalue weighted by Gasteiger charge is 2.33. The van der Waals surface area contributed by atoms with Crippen LogP contribution in [0.2, 0.25) is 0 Å². The van der Waals surface area contributed by atoms with Crippen LogP contribution in [0, 0.1) is 6.92 Å². The van der Waals surface area contributed by atoms with E-state index in [1.165, 1.54) is 0 Å². The third-order valence-electron chi connectivity index (χ3n) is 5.69. The Labute approximate surface area is 173 Å². The van der Waals surface area contributed by atoms with Crippen LogP contribution >= 0.6 is 11.8 Å². The average molecular weight is 406 g/mol. The number of ether oxygens (including phenoxy) is 1. The van der Waals surface area contributed by atoms with E-state index in [2.05, 4.69) is 69.3 Å². The highest BCUT2D eigenvalue weighted by molar-refractivity contribution is 8.00. The van der Waals surface area contributed by atoms with Gasteiger partial charge in [-0.3, -0.25) is 4.99 Å². The van der Waals surface area contributed by atoms with Crippen LogP contribution in [0.15, 0.2) is 23.2 Å². The molecule has 2 aliphatic rings. The van der Waals surface area contributed by atoms with Gasteiger partial charge in [-0.15, -0.1) is 0 Å². The van der Waals surface area contributed by atoms with Crippen LogP contribution in [0.3, 0.4) is 0 Å². The fourth-order valence-electron chi connectivity index (χ4n) is 4.01. The number of aryl methyl sites for hydroxylation is 1. The maximum Gasteiger partial charge on any atom is 0.191 e. The summed E-state index contributed by atoms with van der Waals surface area (Å²) in [4.78, 5) is 11.5. The van der Waals surface area contributed by atoms with Crippen molar-refractivity contribution in [1.82, 2.24) is 15.6 Å². The maximum atomic E-state index is 5.58. The summed E-state index contributed by atoms with van der Waals surface area (Å²) >= 11 is 2.06. The minimum absolute atomic E-state index is 0.269. The summed E-state index contributed by atoms with van der Waals surface area (Å²) in [5.41, 5.74) is 1.08. The number of hydrogen-bond donors (Lipinski definition) is 2. The Balaban J connectivity index is 1.47. The van der Waals surface area contributed by atoms with Crippen molar-refractivity contribution >= 4 is 23.5 Å². The van der Waals surface area contributed by atoms with E-state index in [9.17, 15) is 0 Å². The average Bonchev–Trinajstić information content (AvgIpc) is 2.72. The molecule has 6 nitrogen and oxygen atoms in total. The first kappa shape index (κ1) is 21.2. The van der Waals surface area contributed by atoms with Gasteiger partial charge in [-0.05, 0) is 50.5 Å². The smallest absolute Gasteiger partial charge is 0.191 e. The number of anilines is 1. The van der Waals surface area contributed by atoms with Crippen LogP contribution in [-0.2, 0) is 4.74 Å². The predicted molar refractivity (Wildman–Crippen MR) is 120 cm³/mol. The maximum absolute atomic E-state index is 5.58. The van der Waals surface area contributed by atoms with E-state index in [4.69, 9.17) is 4.74 Å². The van der Waals surface area contributed by atoms with Crippen molar-refractivity contribution in [1.29, 1.82) is 0 Å². The topological polar surface area (TPSA) is 61.8 Å². The number of thioether (sulfide) groups is 1. The molecular weight excluding hydrogens is 370 g/mol. The van der Waals surface area contributed by atoms with Gasteiger partial charge in [-0.2, -0.15) is 11.8 Å². The van der Waals surface area contributed by atoms with Crippen LogP contribution in [0.4, 0.5) is 5.82 Å². The molecule has 2 aliphatic heterocycles. The number of aliphatic imine (C=N–C) groups is 1. The minimum atomic E-state index is 0.269. The molecule has 3 heterocycles. The second kappa shape index (κ2) is 10.3. The van der Waals surface area contributed by atoms with Gasteiger partial charge >= 0.3 is 0 Å². The third kappa shape index (κ3) is 5.77. The molecule has 3 rings (SSSR count). The van der Waals surface area contributed by atoms with E-state index in [1.807, 2.05) is 7.05 Å². The van der Waals surface area contributed by atoms with Crippen molar-refractivity contribution in [2.24, 2.45) is 4.99 Å². The Morgan fingerprint density at radius 3 is 2.71 bits per heavy atom. The molecule has 1 aromatic rings. The van der Waals surface area contributed by atoms with Crippen LogP contribution in [0.1, 0.15) is 38.3 Å². The first-order valence-corrected chi connectivity index (χ1v) is 11.5. The normalized spacial score (nSPS) is 20.8. The second-order valence-electron chi connectivity index (χ2n) is 7.70. The predicted octanol–water partition coefficient (Wildman–Crippen LogP) is 2.83. The fourth-order valence-corrected chi connectivity index (χ4v) is 5.25. The molecular formula is C21H35N5OS. The lowest BCUT2D eigenvalue weighted by atomic mass is 9.99. The third-order valence-corrected chi connectivity index (χ3v) is 7.14. The minimum Gasteiger partial charge on any atom is -0.381 e. The van der Waals surface area contributed by atoms with Gasteiger partial charge in [-0.1, -0.05) is 13.0 Å². The summed E-state index contributed by atoms with van der Waals surface area (Å²) in [5, 5.41) is 7.24. The molecule has 0 bridgehead atoms. The van der Waals surface area contributed by atoms with Gasteiger partial charge < -0.3 is 20.3 Å². The van der Waals surface area contributed by atoms with E-state index < -0.39 is 0 Å². The molecule has 2 saturated heterocycles. The highest BCUT2D eigenvalue weighted by atomic mass is 32.2. The summed E-state index contributed by atoms with van der Waals surface area (Å²) in [6.07, 6.45) is 4.41. The van der Waals surface area contributed by atoms with Crippen LogP contribution < -0.4 is 15.5 Å². The number of nitrogens with zero attached hydrogens (tertiary/aromatic N) is 3.